The molecule has 0 N–H and O–H groups in total. The Balaban J connectivity index is 2.19. The summed E-state index contributed by atoms with van der Waals surface area (Å²) >= 11 is 6.69. The first kappa shape index (κ1) is 15.5. The minimum atomic E-state index is -0.258. The number of rotatable bonds is 4. The van der Waals surface area contributed by atoms with E-state index in [2.05, 4.69) is 44.0 Å². The largest absolute Gasteiger partial charge is 0.488 e. The molecule has 0 aliphatic carbocycles. The zero-order valence-electron chi connectivity index (χ0n) is 11.3. The van der Waals surface area contributed by atoms with Gasteiger partial charge in [0.15, 0.2) is 0 Å². The van der Waals surface area contributed by atoms with Crippen LogP contribution in [-0.2, 0) is 11.9 Å². The van der Waals surface area contributed by atoms with Crippen LogP contribution in [0.5, 0.6) is 5.75 Å². The Bertz CT molecular complexity index is 603. The van der Waals surface area contributed by atoms with Gasteiger partial charge in [0.05, 0.1) is 0 Å². The van der Waals surface area contributed by atoms with Crippen molar-refractivity contribution in [2.45, 2.75) is 25.8 Å². The second-order valence-electron chi connectivity index (χ2n) is 4.72. The number of hydrogen-bond donors (Lipinski definition) is 0. The average Bonchev–Trinajstić information content (AvgIpc) is 2.39. The Morgan fingerprint density at radius 2 is 1.75 bits per heavy atom. The van der Waals surface area contributed by atoms with E-state index in [9.17, 15) is 4.39 Å². The highest BCUT2D eigenvalue weighted by atomic mass is 79.9. The zero-order chi connectivity index (χ0) is 14.7. The molecule has 0 aromatic heterocycles. The molecule has 4 heteroatoms. The Morgan fingerprint density at radius 3 is 2.30 bits per heavy atom. The number of ether oxygens (including phenoxy) is 1. The van der Waals surface area contributed by atoms with Gasteiger partial charge in [-0.25, -0.2) is 4.39 Å². The van der Waals surface area contributed by atoms with Crippen LogP contribution in [-0.4, -0.2) is 0 Å². The molecule has 2 aromatic carbocycles. The summed E-state index contributed by atoms with van der Waals surface area (Å²) in [6.45, 7) is 4.24. The Hall–Kier alpha value is -0.870. The van der Waals surface area contributed by atoms with Crippen LogP contribution in [0, 0.1) is 19.7 Å². The van der Waals surface area contributed by atoms with Crippen molar-refractivity contribution in [1.29, 1.82) is 0 Å². The number of hydrogen-bond acceptors (Lipinski definition) is 1. The molecule has 0 spiro atoms. The minimum Gasteiger partial charge on any atom is -0.488 e. The van der Waals surface area contributed by atoms with Crippen molar-refractivity contribution in [3.05, 3.63) is 62.9 Å². The van der Waals surface area contributed by atoms with E-state index >= 15 is 0 Å². The number of aryl methyl sites for hydroxylation is 2. The minimum absolute atomic E-state index is 0.231. The summed E-state index contributed by atoms with van der Waals surface area (Å²) in [5, 5.41) is 0.816. The molecule has 0 atom stereocenters. The molecular formula is C16H15Br2FO. The first-order valence-electron chi connectivity index (χ1n) is 6.24. The van der Waals surface area contributed by atoms with Crippen LogP contribution in [0.15, 0.2) is 34.8 Å². The van der Waals surface area contributed by atoms with Crippen molar-refractivity contribution in [2.75, 3.05) is 0 Å². The van der Waals surface area contributed by atoms with Crippen LogP contribution in [0.3, 0.4) is 0 Å². The SMILES string of the molecule is Cc1cc(CBr)cc(C)c1OCc1ccc(Br)cc1F. The summed E-state index contributed by atoms with van der Waals surface area (Å²) in [7, 11) is 0. The third-order valence-electron chi connectivity index (χ3n) is 3.06. The van der Waals surface area contributed by atoms with Crippen LogP contribution in [0.1, 0.15) is 22.3 Å². The highest BCUT2D eigenvalue weighted by molar-refractivity contribution is 9.10. The van der Waals surface area contributed by atoms with E-state index < -0.39 is 0 Å². The fourth-order valence-electron chi connectivity index (χ4n) is 2.13. The molecule has 0 fully saturated rings. The van der Waals surface area contributed by atoms with E-state index in [0.29, 0.717) is 5.56 Å². The lowest BCUT2D eigenvalue weighted by atomic mass is 10.1. The van der Waals surface area contributed by atoms with Gasteiger partial charge in [-0.05, 0) is 42.7 Å². The van der Waals surface area contributed by atoms with Crippen LogP contribution >= 0.6 is 31.9 Å². The van der Waals surface area contributed by atoms with Gasteiger partial charge in [-0.15, -0.1) is 0 Å². The van der Waals surface area contributed by atoms with Crippen LogP contribution in [0.4, 0.5) is 4.39 Å². The van der Waals surface area contributed by atoms with Gasteiger partial charge in [-0.2, -0.15) is 0 Å². The fourth-order valence-corrected chi connectivity index (χ4v) is 2.79. The van der Waals surface area contributed by atoms with E-state index in [0.717, 1.165) is 26.7 Å². The Labute approximate surface area is 135 Å². The molecule has 0 amide bonds. The molecule has 20 heavy (non-hydrogen) atoms. The second kappa shape index (κ2) is 6.72. The maximum atomic E-state index is 13.8. The summed E-state index contributed by atoms with van der Waals surface area (Å²) in [6, 6.07) is 9.16. The van der Waals surface area contributed by atoms with E-state index in [1.807, 2.05) is 19.9 Å². The summed E-state index contributed by atoms with van der Waals surface area (Å²) in [5.74, 6) is 0.573. The highest BCUT2D eigenvalue weighted by Gasteiger charge is 2.09. The van der Waals surface area contributed by atoms with Gasteiger partial charge in [0.2, 0.25) is 0 Å². The van der Waals surface area contributed by atoms with Gasteiger partial charge in [-0.1, -0.05) is 50.1 Å². The van der Waals surface area contributed by atoms with E-state index in [-0.39, 0.29) is 12.4 Å². The topological polar surface area (TPSA) is 9.23 Å². The molecule has 0 heterocycles. The molecule has 0 radical (unpaired) electrons. The molecule has 2 rings (SSSR count). The van der Waals surface area contributed by atoms with Crippen LogP contribution in [0.25, 0.3) is 0 Å². The molecular weight excluding hydrogens is 387 g/mol. The predicted octanol–water partition coefficient (Wildman–Crippen LogP) is 5.68. The number of halogens is 3. The van der Waals surface area contributed by atoms with Crippen molar-refractivity contribution in [1.82, 2.24) is 0 Å². The van der Waals surface area contributed by atoms with Gasteiger partial charge in [0.1, 0.15) is 18.2 Å². The van der Waals surface area contributed by atoms with Crippen molar-refractivity contribution in [3.8, 4) is 5.75 Å². The summed E-state index contributed by atoms with van der Waals surface area (Å²) < 4.78 is 20.3. The molecule has 0 saturated carbocycles. The number of alkyl halides is 1. The maximum Gasteiger partial charge on any atom is 0.130 e. The lowest BCUT2D eigenvalue weighted by Gasteiger charge is -2.14. The number of benzene rings is 2. The molecule has 106 valence electrons. The first-order chi connectivity index (χ1) is 9.51. The quantitative estimate of drug-likeness (QED) is 0.599. The van der Waals surface area contributed by atoms with Crippen molar-refractivity contribution < 1.29 is 9.13 Å². The smallest absolute Gasteiger partial charge is 0.130 e. The maximum absolute atomic E-state index is 13.8. The molecule has 0 unspecified atom stereocenters. The molecule has 0 aliphatic rings. The summed E-state index contributed by atoms with van der Waals surface area (Å²) in [5.41, 5.74) is 3.90. The summed E-state index contributed by atoms with van der Waals surface area (Å²) in [6.07, 6.45) is 0. The zero-order valence-corrected chi connectivity index (χ0v) is 14.5. The van der Waals surface area contributed by atoms with E-state index in [1.54, 1.807) is 6.07 Å². The Kier molecular flexibility index (Phi) is 5.22. The van der Waals surface area contributed by atoms with Crippen LogP contribution < -0.4 is 4.74 Å². The first-order valence-corrected chi connectivity index (χ1v) is 8.15. The summed E-state index contributed by atoms with van der Waals surface area (Å²) in [4.78, 5) is 0. The normalized spacial score (nSPS) is 10.7. The third-order valence-corrected chi connectivity index (χ3v) is 4.20. The average molecular weight is 402 g/mol. The van der Waals surface area contributed by atoms with Crippen LogP contribution in [0.2, 0.25) is 0 Å². The van der Waals surface area contributed by atoms with E-state index in [1.165, 1.54) is 11.6 Å². The predicted molar refractivity (Wildman–Crippen MR) is 87.0 cm³/mol. The van der Waals surface area contributed by atoms with Gasteiger partial charge < -0.3 is 4.74 Å². The lowest BCUT2D eigenvalue weighted by Crippen LogP contribution is -2.02. The van der Waals surface area contributed by atoms with Crippen molar-refractivity contribution in [3.63, 3.8) is 0 Å². The third kappa shape index (κ3) is 3.61. The highest BCUT2D eigenvalue weighted by Crippen LogP contribution is 2.27. The van der Waals surface area contributed by atoms with E-state index in [4.69, 9.17) is 4.74 Å². The molecule has 0 aliphatic heterocycles. The van der Waals surface area contributed by atoms with Gasteiger partial charge in [-0.3, -0.25) is 0 Å². The van der Waals surface area contributed by atoms with Gasteiger partial charge in [0, 0.05) is 15.4 Å². The van der Waals surface area contributed by atoms with Crippen molar-refractivity contribution in [2.24, 2.45) is 0 Å². The second-order valence-corrected chi connectivity index (χ2v) is 6.19. The lowest BCUT2D eigenvalue weighted by molar-refractivity contribution is 0.295. The van der Waals surface area contributed by atoms with Gasteiger partial charge >= 0.3 is 0 Å². The van der Waals surface area contributed by atoms with Crippen molar-refractivity contribution >= 4 is 31.9 Å². The van der Waals surface area contributed by atoms with Gasteiger partial charge in [0.25, 0.3) is 0 Å². The standard InChI is InChI=1S/C16H15Br2FO/c1-10-5-12(8-17)6-11(2)16(10)20-9-13-3-4-14(18)7-15(13)19/h3-7H,8-9H2,1-2H3. The fraction of sp³-hybridized carbons (Fsp3) is 0.250. The molecule has 0 bridgehead atoms. The molecule has 2 aromatic rings. The molecule has 0 saturated heterocycles. The Morgan fingerprint density at radius 1 is 1.10 bits per heavy atom. The molecule has 1 nitrogen and oxygen atoms in total. The monoisotopic (exact) mass is 400 g/mol.